The van der Waals surface area contributed by atoms with Crippen LogP contribution >= 0.6 is 11.6 Å². The van der Waals surface area contributed by atoms with Gasteiger partial charge in [0.25, 0.3) is 11.8 Å². The maximum absolute atomic E-state index is 13.5. The van der Waals surface area contributed by atoms with Gasteiger partial charge in [0.15, 0.2) is 14.4 Å². The van der Waals surface area contributed by atoms with Crippen LogP contribution in [0, 0.1) is 5.82 Å². The third-order valence-corrected chi connectivity index (χ3v) is 10.7. The molecule has 1 fully saturated rings. The molecule has 0 aromatic heterocycles. The highest BCUT2D eigenvalue weighted by atomic mass is 35.5. The number of hydrogen-bond acceptors (Lipinski definition) is 3. The van der Waals surface area contributed by atoms with Crippen molar-refractivity contribution in [2.24, 2.45) is 0 Å². The molecule has 29 heavy (non-hydrogen) atoms. The Morgan fingerprint density at radius 1 is 1.03 bits per heavy atom. The maximum atomic E-state index is 13.5. The first kappa shape index (κ1) is 21.7. The smallest absolute Gasteiger partial charge is 0.261 e. The molecule has 0 aliphatic carbocycles. The maximum Gasteiger partial charge on any atom is 0.261 e. The van der Waals surface area contributed by atoms with Gasteiger partial charge in [0.1, 0.15) is 5.82 Å². The second kappa shape index (κ2) is 8.77. The molecule has 1 aliphatic heterocycles. The van der Waals surface area contributed by atoms with Crippen LogP contribution in [0.25, 0.3) is 0 Å². The fourth-order valence-corrected chi connectivity index (χ4v) is 6.68. The summed E-state index contributed by atoms with van der Waals surface area (Å²) in [5.74, 6) is -1.11. The van der Waals surface area contributed by atoms with E-state index >= 15 is 0 Å². The fourth-order valence-electron chi connectivity index (χ4n) is 3.79. The van der Waals surface area contributed by atoms with Crippen molar-refractivity contribution < 1.29 is 18.4 Å². The minimum atomic E-state index is -2.08. The van der Waals surface area contributed by atoms with Gasteiger partial charge in [-0.25, -0.2) is 4.39 Å². The molecule has 2 aromatic carbocycles. The molecular formula is C22H25ClFNO3Si. The summed E-state index contributed by atoms with van der Waals surface area (Å²) >= 11 is 5.91. The Hall–Kier alpha value is -2.02. The summed E-state index contributed by atoms with van der Waals surface area (Å²) in [6.07, 6.45) is -0.719. The number of benzene rings is 2. The van der Waals surface area contributed by atoms with E-state index in [9.17, 15) is 14.0 Å². The van der Waals surface area contributed by atoms with Crippen LogP contribution in [-0.4, -0.2) is 31.1 Å². The van der Waals surface area contributed by atoms with E-state index in [1.807, 2.05) is 0 Å². The summed E-state index contributed by atoms with van der Waals surface area (Å²) < 4.78 is 19.9. The van der Waals surface area contributed by atoms with E-state index in [1.54, 1.807) is 36.4 Å². The SMILES string of the molecule is CC[Si](CC)(CC)O[C@H]1C(=O)N(C(=O)c2ccc(Cl)cc2)[C@H]1c1ccc(F)cc1. The highest BCUT2D eigenvalue weighted by molar-refractivity contribution is 6.73. The molecule has 154 valence electrons. The van der Waals surface area contributed by atoms with Gasteiger partial charge < -0.3 is 4.43 Å². The molecule has 0 radical (unpaired) electrons. The summed E-state index contributed by atoms with van der Waals surface area (Å²) in [6.45, 7) is 6.27. The Kier molecular flexibility index (Phi) is 6.56. The number of halogens is 2. The van der Waals surface area contributed by atoms with Gasteiger partial charge in [0, 0.05) is 10.6 Å². The van der Waals surface area contributed by atoms with E-state index in [2.05, 4.69) is 20.8 Å². The number of hydrogen-bond donors (Lipinski definition) is 0. The van der Waals surface area contributed by atoms with Crippen molar-refractivity contribution in [1.82, 2.24) is 4.90 Å². The molecule has 0 spiro atoms. The molecule has 0 N–H and O–H groups in total. The molecule has 2 atom stereocenters. The van der Waals surface area contributed by atoms with E-state index in [-0.39, 0.29) is 11.7 Å². The minimum absolute atomic E-state index is 0.341. The average Bonchev–Trinajstić information content (AvgIpc) is 2.74. The summed E-state index contributed by atoms with van der Waals surface area (Å²) in [7, 11) is -2.08. The fraction of sp³-hybridized carbons (Fsp3) is 0.364. The third kappa shape index (κ3) is 4.15. The molecule has 3 rings (SSSR count). The van der Waals surface area contributed by atoms with Crippen molar-refractivity contribution in [1.29, 1.82) is 0 Å². The molecule has 2 aromatic rings. The lowest BCUT2D eigenvalue weighted by Crippen LogP contribution is -2.64. The first-order valence-electron chi connectivity index (χ1n) is 9.92. The Labute approximate surface area is 176 Å². The zero-order valence-corrected chi connectivity index (χ0v) is 18.6. The largest absolute Gasteiger partial charge is 0.403 e. The van der Waals surface area contributed by atoms with E-state index in [4.69, 9.17) is 16.0 Å². The van der Waals surface area contributed by atoms with Gasteiger partial charge in [-0.15, -0.1) is 0 Å². The van der Waals surface area contributed by atoms with E-state index in [0.29, 0.717) is 16.1 Å². The van der Waals surface area contributed by atoms with Gasteiger partial charge in [0.2, 0.25) is 0 Å². The predicted molar refractivity (Wildman–Crippen MR) is 114 cm³/mol. The van der Waals surface area contributed by atoms with Gasteiger partial charge in [0.05, 0.1) is 6.04 Å². The zero-order chi connectivity index (χ0) is 21.2. The van der Waals surface area contributed by atoms with Crippen molar-refractivity contribution >= 4 is 31.7 Å². The van der Waals surface area contributed by atoms with Crippen LogP contribution in [0.2, 0.25) is 23.2 Å². The van der Waals surface area contributed by atoms with Crippen molar-refractivity contribution in [2.45, 2.75) is 51.0 Å². The number of imide groups is 1. The second-order valence-electron chi connectivity index (χ2n) is 7.30. The lowest BCUT2D eigenvalue weighted by atomic mass is 9.90. The van der Waals surface area contributed by atoms with Crippen LogP contribution in [0.3, 0.4) is 0 Å². The molecular weight excluding hydrogens is 409 g/mol. The second-order valence-corrected chi connectivity index (χ2v) is 12.5. The Balaban J connectivity index is 1.95. The number of amides is 2. The number of carbonyl (C=O) groups is 2. The molecule has 0 saturated carbocycles. The van der Waals surface area contributed by atoms with Crippen molar-refractivity contribution in [2.75, 3.05) is 0 Å². The van der Waals surface area contributed by atoms with Crippen molar-refractivity contribution in [3.63, 3.8) is 0 Å². The summed E-state index contributed by atoms with van der Waals surface area (Å²) in [5.41, 5.74) is 1.06. The van der Waals surface area contributed by atoms with Crippen LogP contribution < -0.4 is 0 Å². The monoisotopic (exact) mass is 433 g/mol. The molecule has 1 saturated heterocycles. The Bertz CT molecular complexity index is 876. The standard InChI is InChI=1S/C22H25ClFNO3Si/c1-4-29(5-2,6-3)28-20-19(15-9-13-18(24)14-10-15)25(22(20)27)21(26)16-7-11-17(23)12-8-16/h7-14,19-20H,4-6H2,1-3H3/t19-,20+/m0/s1. The molecule has 1 heterocycles. The molecule has 2 amide bonds. The lowest BCUT2D eigenvalue weighted by Gasteiger charge is -2.48. The van der Waals surface area contributed by atoms with E-state index in [0.717, 1.165) is 18.1 Å². The summed E-state index contributed by atoms with van der Waals surface area (Å²) in [4.78, 5) is 27.3. The molecule has 1 aliphatic rings. The third-order valence-electron chi connectivity index (χ3n) is 5.88. The van der Waals surface area contributed by atoms with Crippen molar-refractivity contribution in [3.05, 3.63) is 70.5 Å². The predicted octanol–water partition coefficient (Wildman–Crippen LogP) is 5.59. The van der Waals surface area contributed by atoms with Crippen LogP contribution in [0.4, 0.5) is 4.39 Å². The Morgan fingerprint density at radius 2 is 1.59 bits per heavy atom. The normalized spacial score (nSPS) is 19.2. The zero-order valence-electron chi connectivity index (χ0n) is 16.8. The molecule has 0 unspecified atom stereocenters. The first-order chi connectivity index (χ1) is 13.9. The highest BCUT2D eigenvalue weighted by Gasteiger charge is 2.54. The number of likely N-dealkylation sites (tertiary alicyclic amines) is 1. The molecule has 4 nitrogen and oxygen atoms in total. The van der Waals surface area contributed by atoms with Gasteiger partial charge in [-0.05, 0) is 60.1 Å². The van der Waals surface area contributed by atoms with E-state index < -0.39 is 26.4 Å². The average molecular weight is 434 g/mol. The number of β-lactam (4-membered cyclic amide) rings is 1. The Morgan fingerprint density at radius 3 is 2.10 bits per heavy atom. The van der Waals surface area contributed by atoms with Crippen LogP contribution in [0.1, 0.15) is 42.7 Å². The van der Waals surface area contributed by atoms with Gasteiger partial charge in [-0.2, -0.15) is 0 Å². The van der Waals surface area contributed by atoms with Gasteiger partial charge in [-0.1, -0.05) is 44.5 Å². The number of nitrogens with zero attached hydrogens (tertiary/aromatic N) is 1. The molecule has 7 heteroatoms. The first-order valence-corrected chi connectivity index (χ1v) is 12.8. The molecule has 0 bridgehead atoms. The summed E-state index contributed by atoms with van der Waals surface area (Å²) in [6, 6.07) is 14.4. The highest BCUT2D eigenvalue weighted by Crippen LogP contribution is 2.41. The minimum Gasteiger partial charge on any atom is -0.403 e. The lowest BCUT2D eigenvalue weighted by molar-refractivity contribution is -0.158. The number of rotatable bonds is 7. The topological polar surface area (TPSA) is 46.6 Å². The van der Waals surface area contributed by atoms with Crippen LogP contribution in [-0.2, 0) is 9.22 Å². The van der Waals surface area contributed by atoms with Gasteiger partial charge in [-0.3, -0.25) is 14.5 Å². The van der Waals surface area contributed by atoms with Crippen LogP contribution in [0.5, 0.6) is 0 Å². The summed E-state index contributed by atoms with van der Waals surface area (Å²) in [5, 5.41) is 0.511. The van der Waals surface area contributed by atoms with Crippen molar-refractivity contribution in [3.8, 4) is 0 Å². The van der Waals surface area contributed by atoms with E-state index in [1.165, 1.54) is 17.0 Å². The number of carbonyl (C=O) groups excluding carboxylic acids is 2. The van der Waals surface area contributed by atoms with Gasteiger partial charge >= 0.3 is 0 Å². The quantitative estimate of drug-likeness (QED) is 0.324. The van der Waals surface area contributed by atoms with Crippen LogP contribution in [0.15, 0.2) is 48.5 Å².